The van der Waals surface area contributed by atoms with Crippen LogP contribution in [0.1, 0.15) is 34.3 Å². The molecule has 3 aromatic carbocycles. The highest BCUT2D eigenvalue weighted by Crippen LogP contribution is 2.31. The normalized spacial score (nSPS) is 16.4. The van der Waals surface area contributed by atoms with Crippen LogP contribution in [0.15, 0.2) is 71.6 Å². The molecule has 7 nitrogen and oxygen atoms in total. The number of nitrogens with one attached hydrogen (secondary N) is 1. The molecule has 1 N–H and O–H groups in total. The fourth-order valence-corrected chi connectivity index (χ4v) is 6.23. The largest absolute Gasteiger partial charge is 0.495 e. The van der Waals surface area contributed by atoms with Crippen LogP contribution in [0, 0.1) is 12.8 Å². The standard InChI is InChI=1S/C27H27ClN2O5S/c1-18-10-13-24(35-2)25(15-18)36(33,34)30-14-6-9-20(17-30)27(32)29-23-12-11-21(28)16-22(23)26(31)19-7-4-3-5-8-19/h3-5,7-8,10-13,15-16,20H,6,9,14,17H2,1-2H3,(H,29,32)/t20-/m1/s1. The SMILES string of the molecule is COc1ccc(C)cc1S(=O)(=O)N1CCC[C@@H](C(=O)Nc2ccc(Cl)cc2C(=O)c2ccccc2)C1. The molecular weight excluding hydrogens is 500 g/mol. The van der Waals surface area contributed by atoms with Crippen molar-refractivity contribution in [3.05, 3.63) is 88.4 Å². The minimum absolute atomic E-state index is 0.0286. The second-order valence-electron chi connectivity index (χ2n) is 8.73. The first-order valence-corrected chi connectivity index (χ1v) is 13.4. The maximum atomic E-state index is 13.4. The Balaban J connectivity index is 1.56. The smallest absolute Gasteiger partial charge is 0.246 e. The van der Waals surface area contributed by atoms with Crippen LogP contribution in [-0.4, -0.2) is 44.6 Å². The zero-order chi connectivity index (χ0) is 25.9. The van der Waals surface area contributed by atoms with E-state index in [1.165, 1.54) is 17.5 Å². The molecule has 1 aliphatic heterocycles. The maximum Gasteiger partial charge on any atom is 0.246 e. The number of carbonyl (C=O) groups excluding carboxylic acids is 2. The summed E-state index contributed by atoms with van der Waals surface area (Å²) in [5.74, 6) is -0.944. The summed E-state index contributed by atoms with van der Waals surface area (Å²) in [6.07, 6.45) is 1.06. The van der Waals surface area contributed by atoms with E-state index in [2.05, 4.69) is 5.32 Å². The minimum Gasteiger partial charge on any atom is -0.495 e. The van der Waals surface area contributed by atoms with Crippen molar-refractivity contribution in [3.8, 4) is 5.75 Å². The summed E-state index contributed by atoms with van der Waals surface area (Å²) >= 11 is 6.15. The van der Waals surface area contributed by atoms with Gasteiger partial charge in [0.2, 0.25) is 15.9 Å². The van der Waals surface area contributed by atoms with E-state index in [4.69, 9.17) is 16.3 Å². The van der Waals surface area contributed by atoms with Crippen molar-refractivity contribution in [3.63, 3.8) is 0 Å². The van der Waals surface area contributed by atoms with Crippen LogP contribution in [0.4, 0.5) is 5.69 Å². The number of anilines is 1. The lowest BCUT2D eigenvalue weighted by Gasteiger charge is -2.31. The molecule has 0 unspecified atom stereocenters. The number of rotatable bonds is 7. The number of amides is 1. The number of nitrogens with zero attached hydrogens (tertiary/aromatic N) is 1. The van der Waals surface area contributed by atoms with E-state index < -0.39 is 15.9 Å². The highest BCUT2D eigenvalue weighted by atomic mass is 35.5. The number of carbonyl (C=O) groups is 2. The van der Waals surface area contributed by atoms with Crippen molar-refractivity contribution < 1.29 is 22.7 Å². The maximum absolute atomic E-state index is 13.4. The molecule has 1 fully saturated rings. The molecule has 1 aliphatic rings. The average molecular weight is 527 g/mol. The van der Waals surface area contributed by atoms with Gasteiger partial charge in [-0.15, -0.1) is 0 Å². The van der Waals surface area contributed by atoms with Crippen LogP contribution in [0.25, 0.3) is 0 Å². The predicted octanol–water partition coefficient (Wildman–Crippen LogP) is 4.93. The number of methoxy groups -OCH3 is 1. The molecule has 1 saturated heterocycles. The molecule has 0 radical (unpaired) electrons. The summed E-state index contributed by atoms with van der Waals surface area (Å²) in [7, 11) is -2.45. The van der Waals surface area contributed by atoms with Gasteiger partial charge in [0.05, 0.1) is 18.7 Å². The van der Waals surface area contributed by atoms with Crippen LogP contribution < -0.4 is 10.1 Å². The summed E-state index contributed by atoms with van der Waals surface area (Å²) in [5, 5.41) is 3.21. The van der Waals surface area contributed by atoms with Crippen LogP contribution >= 0.6 is 11.6 Å². The first-order chi connectivity index (χ1) is 17.2. The Morgan fingerprint density at radius 1 is 1.06 bits per heavy atom. The summed E-state index contributed by atoms with van der Waals surface area (Å²) < 4.78 is 33.5. The van der Waals surface area contributed by atoms with Crippen molar-refractivity contribution in [1.82, 2.24) is 4.31 Å². The Bertz CT molecular complexity index is 1390. The molecule has 1 atom stereocenters. The Kier molecular flexibility index (Phi) is 7.78. The number of hydrogen-bond donors (Lipinski definition) is 1. The first kappa shape index (κ1) is 25.9. The van der Waals surface area contributed by atoms with Gasteiger partial charge in [0.15, 0.2) is 5.78 Å². The topological polar surface area (TPSA) is 92.8 Å². The van der Waals surface area contributed by atoms with Crippen LogP contribution in [0.3, 0.4) is 0 Å². The van der Waals surface area contributed by atoms with Gasteiger partial charge in [0, 0.05) is 29.2 Å². The second kappa shape index (κ2) is 10.8. The van der Waals surface area contributed by atoms with Crippen molar-refractivity contribution in [1.29, 1.82) is 0 Å². The number of aryl methyl sites for hydroxylation is 1. The van der Waals surface area contributed by atoms with E-state index in [0.29, 0.717) is 35.7 Å². The third-order valence-corrected chi connectivity index (χ3v) is 8.33. The lowest BCUT2D eigenvalue weighted by atomic mass is 9.97. The third-order valence-electron chi connectivity index (χ3n) is 6.21. The molecule has 0 aromatic heterocycles. The molecule has 0 aliphatic carbocycles. The van der Waals surface area contributed by atoms with Crippen LogP contribution in [-0.2, 0) is 14.8 Å². The van der Waals surface area contributed by atoms with E-state index in [-0.39, 0.29) is 34.4 Å². The Morgan fingerprint density at radius 2 is 1.81 bits per heavy atom. The fourth-order valence-electron chi connectivity index (χ4n) is 4.29. The van der Waals surface area contributed by atoms with Gasteiger partial charge in [-0.2, -0.15) is 4.31 Å². The predicted molar refractivity (Wildman–Crippen MR) is 139 cm³/mol. The van der Waals surface area contributed by atoms with Crippen molar-refractivity contribution in [2.75, 3.05) is 25.5 Å². The molecule has 3 aromatic rings. The summed E-state index contributed by atoms with van der Waals surface area (Å²) in [6, 6.07) is 18.4. The number of halogens is 1. The van der Waals surface area contributed by atoms with Gasteiger partial charge < -0.3 is 10.1 Å². The highest BCUT2D eigenvalue weighted by molar-refractivity contribution is 7.89. The summed E-state index contributed by atoms with van der Waals surface area (Å²) in [4.78, 5) is 26.4. The molecule has 0 saturated carbocycles. The van der Waals surface area contributed by atoms with Gasteiger partial charge in [0.25, 0.3) is 0 Å². The number of ketones is 1. The van der Waals surface area contributed by atoms with E-state index >= 15 is 0 Å². The molecular formula is C27H27ClN2O5S. The molecule has 1 amide bonds. The number of piperidine rings is 1. The molecule has 188 valence electrons. The van der Waals surface area contributed by atoms with E-state index in [1.807, 2.05) is 13.0 Å². The zero-order valence-electron chi connectivity index (χ0n) is 20.0. The summed E-state index contributed by atoms with van der Waals surface area (Å²) in [6.45, 7) is 2.15. The van der Waals surface area contributed by atoms with E-state index in [9.17, 15) is 18.0 Å². The quantitative estimate of drug-likeness (QED) is 0.441. The number of ether oxygens (including phenoxy) is 1. The Labute approximate surface area is 216 Å². The first-order valence-electron chi connectivity index (χ1n) is 11.6. The van der Waals surface area contributed by atoms with Crippen molar-refractivity contribution in [2.24, 2.45) is 5.92 Å². The fraction of sp³-hybridized carbons (Fsp3) is 0.259. The highest BCUT2D eigenvalue weighted by Gasteiger charge is 2.35. The van der Waals surface area contributed by atoms with Gasteiger partial charge in [-0.3, -0.25) is 9.59 Å². The lowest BCUT2D eigenvalue weighted by Crippen LogP contribution is -2.43. The van der Waals surface area contributed by atoms with Gasteiger partial charge in [-0.1, -0.05) is 48.0 Å². The number of sulfonamides is 1. The molecule has 1 heterocycles. The molecule has 9 heteroatoms. The molecule has 36 heavy (non-hydrogen) atoms. The average Bonchev–Trinajstić information content (AvgIpc) is 2.89. The Hall–Kier alpha value is -3.20. The molecule has 4 rings (SSSR count). The number of hydrogen-bond acceptors (Lipinski definition) is 5. The van der Waals surface area contributed by atoms with Gasteiger partial charge >= 0.3 is 0 Å². The van der Waals surface area contributed by atoms with Crippen molar-refractivity contribution >= 4 is 39.0 Å². The van der Waals surface area contributed by atoms with Gasteiger partial charge in [0.1, 0.15) is 10.6 Å². The second-order valence-corrected chi connectivity index (χ2v) is 11.1. The van der Waals surface area contributed by atoms with E-state index in [0.717, 1.165) is 5.56 Å². The van der Waals surface area contributed by atoms with Crippen LogP contribution in [0.5, 0.6) is 5.75 Å². The van der Waals surface area contributed by atoms with Crippen LogP contribution in [0.2, 0.25) is 5.02 Å². The lowest BCUT2D eigenvalue weighted by molar-refractivity contribution is -0.120. The Morgan fingerprint density at radius 3 is 2.53 bits per heavy atom. The zero-order valence-corrected chi connectivity index (χ0v) is 21.6. The molecule has 0 spiro atoms. The monoisotopic (exact) mass is 526 g/mol. The third kappa shape index (κ3) is 5.46. The minimum atomic E-state index is -3.87. The van der Waals surface area contributed by atoms with E-state index in [1.54, 1.807) is 54.6 Å². The van der Waals surface area contributed by atoms with Crippen molar-refractivity contribution in [2.45, 2.75) is 24.7 Å². The summed E-state index contributed by atoms with van der Waals surface area (Å²) in [5.41, 5.74) is 1.86. The van der Waals surface area contributed by atoms with Gasteiger partial charge in [-0.05, 0) is 55.7 Å². The molecule has 0 bridgehead atoms. The number of benzene rings is 3. The van der Waals surface area contributed by atoms with Gasteiger partial charge in [-0.25, -0.2) is 8.42 Å².